The van der Waals surface area contributed by atoms with Crippen LogP contribution in [0.2, 0.25) is 0 Å². The van der Waals surface area contributed by atoms with E-state index in [1.807, 2.05) is 0 Å². The van der Waals surface area contributed by atoms with Gasteiger partial charge in [-0.05, 0) is 25.7 Å². The molecule has 0 radical (unpaired) electrons. The Hall–Kier alpha value is -0.530. The summed E-state index contributed by atoms with van der Waals surface area (Å²) in [6, 6.07) is 0. The summed E-state index contributed by atoms with van der Waals surface area (Å²) in [5.74, 6) is 0.0264. The zero-order valence-electron chi connectivity index (χ0n) is 14.8. The minimum absolute atomic E-state index is 0.0264. The number of hydrogen-bond acceptors (Lipinski definition) is 2. The van der Waals surface area contributed by atoms with Gasteiger partial charge in [-0.25, -0.2) is 0 Å². The summed E-state index contributed by atoms with van der Waals surface area (Å²) in [6.45, 7) is 6.61. The fourth-order valence-electron chi connectivity index (χ4n) is 2.68. The van der Waals surface area contributed by atoms with E-state index in [1.165, 1.54) is 57.8 Å². The van der Waals surface area contributed by atoms with Crippen molar-refractivity contribution in [1.29, 1.82) is 0 Å². The lowest BCUT2D eigenvalue weighted by atomic mass is 10.1. The van der Waals surface area contributed by atoms with E-state index in [2.05, 4.69) is 20.8 Å². The van der Waals surface area contributed by atoms with Gasteiger partial charge in [-0.2, -0.15) is 0 Å². The van der Waals surface area contributed by atoms with E-state index in [9.17, 15) is 4.79 Å². The van der Waals surface area contributed by atoms with Crippen LogP contribution in [-0.4, -0.2) is 12.1 Å². The summed E-state index contributed by atoms with van der Waals surface area (Å²) in [5.41, 5.74) is 0. The van der Waals surface area contributed by atoms with Crippen LogP contribution in [0.1, 0.15) is 111 Å². The molecule has 0 saturated carbocycles. The van der Waals surface area contributed by atoms with Crippen LogP contribution in [0.4, 0.5) is 0 Å². The molecule has 2 nitrogen and oxygen atoms in total. The van der Waals surface area contributed by atoms with Gasteiger partial charge in [0.25, 0.3) is 0 Å². The van der Waals surface area contributed by atoms with Crippen LogP contribution >= 0.6 is 0 Å². The molecule has 0 aliphatic carbocycles. The Bertz CT molecular complexity index is 226. The maximum absolute atomic E-state index is 11.9. The molecule has 1 unspecified atom stereocenters. The van der Waals surface area contributed by atoms with E-state index in [0.29, 0.717) is 6.42 Å². The summed E-state index contributed by atoms with van der Waals surface area (Å²) < 4.78 is 5.64. The van der Waals surface area contributed by atoms with Gasteiger partial charge in [-0.3, -0.25) is 4.79 Å². The first kappa shape index (κ1) is 20.5. The van der Waals surface area contributed by atoms with Crippen LogP contribution in [-0.2, 0) is 9.53 Å². The van der Waals surface area contributed by atoms with Crippen molar-refractivity contribution in [3.05, 3.63) is 0 Å². The third-order valence-electron chi connectivity index (χ3n) is 4.02. The molecule has 0 heterocycles. The first-order chi connectivity index (χ1) is 10.2. The van der Waals surface area contributed by atoms with Crippen LogP contribution < -0.4 is 0 Å². The summed E-state index contributed by atoms with van der Waals surface area (Å²) in [5, 5.41) is 0. The van der Waals surface area contributed by atoms with Crippen LogP contribution in [0.15, 0.2) is 0 Å². The van der Waals surface area contributed by atoms with E-state index in [4.69, 9.17) is 4.74 Å². The third kappa shape index (κ3) is 14.2. The molecule has 0 aromatic rings. The van der Waals surface area contributed by atoms with Gasteiger partial charge < -0.3 is 4.74 Å². The number of carbonyl (C=O) groups is 1. The van der Waals surface area contributed by atoms with Crippen molar-refractivity contribution < 1.29 is 9.53 Å². The molecule has 0 aromatic heterocycles. The third-order valence-corrected chi connectivity index (χ3v) is 4.02. The average molecular weight is 299 g/mol. The second-order valence-electron chi connectivity index (χ2n) is 6.27. The van der Waals surface area contributed by atoms with Gasteiger partial charge in [-0.15, -0.1) is 0 Å². The van der Waals surface area contributed by atoms with Gasteiger partial charge in [-0.1, -0.05) is 78.6 Å². The molecule has 0 saturated heterocycles. The quantitative estimate of drug-likeness (QED) is 0.257. The fourth-order valence-corrected chi connectivity index (χ4v) is 2.68. The Labute approximate surface area is 133 Å². The second-order valence-corrected chi connectivity index (χ2v) is 6.27. The maximum Gasteiger partial charge on any atom is 0.306 e. The number of unbranched alkanes of at least 4 members (excludes halogenated alkanes) is 8. The van der Waals surface area contributed by atoms with Crippen molar-refractivity contribution in [2.24, 2.45) is 0 Å². The zero-order chi connectivity index (χ0) is 15.8. The van der Waals surface area contributed by atoms with Crippen LogP contribution in [0.3, 0.4) is 0 Å². The molecule has 0 bridgehead atoms. The predicted molar refractivity (Wildman–Crippen MR) is 91.5 cm³/mol. The number of carbonyl (C=O) groups excluding carboxylic acids is 1. The van der Waals surface area contributed by atoms with Crippen molar-refractivity contribution >= 4 is 5.97 Å². The molecule has 0 fully saturated rings. The number of ether oxygens (including phenoxy) is 1. The molecule has 0 aliphatic rings. The summed E-state index contributed by atoms with van der Waals surface area (Å²) >= 11 is 0. The first-order valence-electron chi connectivity index (χ1n) is 9.44. The highest BCUT2D eigenvalue weighted by molar-refractivity contribution is 5.69. The Morgan fingerprint density at radius 2 is 1.29 bits per heavy atom. The van der Waals surface area contributed by atoms with Gasteiger partial charge >= 0.3 is 5.97 Å². The van der Waals surface area contributed by atoms with Gasteiger partial charge in [0.15, 0.2) is 0 Å². The Balaban J connectivity index is 3.62. The van der Waals surface area contributed by atoms with Crippen molar-refractivity contribution in [3.63, 3.8) is 0 Å². The summed E-state index contributed by atoms with van der Waals surface area (Å²) in [7, 11) is 0. The zero-order valence-corrected chi connectivity index (χ0v) is 14.8. The normalized spacial score (nSPS) is 12.3. The SMILES string of the molecule is CCCCCCCCCC(=O)OC(CCC)CCCCC. The number of rotatable bonds is 15. The highest BCUT2D eigenvalue weighted by Gasteiger charge is 2.13. The van der Waals surface area contributed by atoms with Crippen LogP contribution in [0.25, 0.3) is 0 Å². The summed E-state index contributed by atoms with van der Waals surface area (Å²) in [6.07, 6.45) is 16.3. The van der Waals surface area contributed by atoms with Gasteiger partial charge in [0.2, 0.25) is 0 Å². The average Bonchev–Trinajstić information content (AvgIpc) is 2.47. The molecule has 0 aromatic carbocycles. The molecule has 1 atom stereocenters. The smallest absolute Gasteiger partial charge is 0.306 e. The first-order valence-corrected chi connectivity index (χ1v) is 9.44. The van der Waals surface area contributed by atoms with Crippen LogP contribution in [0, 0.1) is 0 Å². The van der Waals surface area contributed by atoms with E-state index in [-0.39, 0.29) is 12.1 Å². The lowest BCUT2D eigenvalue weighted by Crippen LogP contribution is -2.18. The van der Waals surface area contributed by atoms with Crippen molar-refractivity contribution in [2.75, 3.05) is 0 Å². The van der Waals surface area contributed by atoms with E-state index < -0.39 is 0 Å². The predicted octanol–water partition coefficient (Wildman–Crippen LogP) is 6.42. The second kappa shape index (κ2) is 15.9. The molecule has 126 valence electrons. The molecule has 0 spiro atoms. The largest absolute Gasteiger partial charge is 0.462 e. The van der Waals surface area contributed by atoms with Gasteiger partial charge in [0, 0.05) is 6.42 Å². The monoisotopic (exact) mass is 298 g/mol. The van der Waals surface area contributed by atoms with Gasteiger partial charge in [0.05, 0.1) is 0 Å². The maximum atomic E-state index is 11.9. The molecule has 0 N–H and O–H groups in total. The van der Waals surface area contributed by atoms with E-state index >= 15 is 0 Å². The highest BCUT2D eigenvalue weighted by Crippen LogP contribution is 2.14. The Morgan fingerprint density at radius 1 is 0.714 bits per heavy atom. The lowest BCUT2D eigenvalue weighted by molar-refractivity contribution is -0.150. The van der Waals surface area contributed by atoms with E-state index in [1.54, 1.807) is 0 Å². The van der Waals surface area contributed by atoms with Crippen molar-refractivity contribution in [3.8, 4) is 0 Å². The minimum Gasteiger partial charge on any atom is -0.462 e. The molecule has 21 heavy (non-hydrogen) atoms. The van der Waals surface area contributed by atoms with Crippen LogP contribution in [0.5, 0.6) is 0 Å². The molecule has 0 rings (SSSR count). The Morgan fingerprint density at radius 3 is 1.90 bits per heavy atom. The number of hydrogen-bond donors (Lipinski definition) is 0. The molecule has 2 heteroatoms. The van der Waals surface area contributed by atoms with Crippen molar-refractivity contribution in [2.45, 2.75) is 117 Å². The van der Waals surface area contributed by atoms with E-state index in [0.717, 1.165) is 25.7 Å². The molecule has 0 aliphatic heterocycles. The highest BCUT2D eigenvalue weighted by atomic mass is 16.5. The fraction of sp³-hybridized carbons (Fsp3) is 0.947. The molecular weight excluding hydrogens is 260 g/mol. The standard InChI is InChI=1S/C19H38O2/c1-4-7-9-10-11-12-14-17-19(20)21-18(15-6-3)16-13-8-5-2/h18H,4-17H2,1-3H3. The molecular formula is C19H38O2. The van der Waals surface area contributed by atoms with Gasteiger partial charge in [0.1, 0.15) is 6.10 Å². The number of esters is 1. The summed E-state index contributed by atoms with van der Waals surface area (Å²) in [4.78, 5) is 11.9. The van der Waals surface area contributed by atoms with Crippen molar-refractivity contribution in [1.82, 2.24) is 0 Å². The Kier molecular flexibility index (Phi) is 15.5. The topological polar surface area (TPSA) is 26.3 Å². The minimum atomic E-state index is 0.0264. The molecule has 0 amide bonds. The lowest BCUT2D eigenvalue weighted by Gasteiger charge is -2.17.